The van der Waals surface area contributed by atoms with Crippen molar-refractivity contribution in [3.05, 3.63) is 16.1 Å². The van der Waals surface area contributed by atoms with Gasteiger partial charge in [0, 0.05) is 17.0 Å². The van der Waals surface area contributed by atoms with Gasteiger partial charge in [0.05, 0.1) is 23.3 Å². The summed E-state index contributed by atoms with van der Waals surface area (Å²) >= 11 is 3.48. The lowest BCUT2D eigenvalue weighted by Crippen LogP contribution is -2.42. The average Bonchev–Trinajstić information content (AvgIpc) is 2.96. The number of hydrogen-bond donors (Lipinski definition) is 1. The fraction of sp³-hybridized carbons (Fsp3) is 0.667. The van der Waals surface area contributed by atoms with Crippen LogP contribution in [-0.2, 0) is 17.8 Å². The van der Waals surface area contributed by atoms with Crippen molar-refractivity contribution in [1.29, 1.82) is 0 Å². The van der Waals surface area contributed by atoms with Gasteiger partial charge >= 0.3 is 0 Å². The highest BCUT2D eigenvalue weighted by Crippen LogP contribution is 2.18. The van der Waals surface area contributed by atoms with Crippen molar-refractivity contribution >= 4 is 29.0 Å². The van der Waals surface area contributed by atoms with Gasteiger partial charge in [-0.05, 0) is 19.9 Å². The lowest BCUT2D eigenvalue weighted by Gasteiger charge is -2.17. The third-order valence-electron chi connectivity index (χ3n) is 2.91. The Balaban J connectivity index is 1.81. The van der Waals surface area contributed by atoms with E-state index in [9.17, 15) is 4.79 Å². The monoisotopic (exact) mass is 285 g/mol. The number of thiazole rings is 1. The van der Waals surface area contributed by atoms with Crippen molar-refractivity contribution in [2.24, 2.45) is 0 Å². The van der Waals surface area contributed by atoms with Gasteiger partial charge in [-0.1, -0.05) is 6.92 Å². The second kappa shape index (κ2) is 6.54. The number of aromatic nitrogens is 1. The molecule has 1 aliphatic heterocycles. The van der Waals surface area contributed by atoms with Crippen LogP contribution in [0.4, 0.5) is 0 Å². The van der Waals surface area contributed by atoms with E-state index in [-0.39, 0.29) is 11.9 Å². The molecule has 4 nitrogen and oxygen atoms in total. The Hall–Kier alpha value is -0.590. The Labute approximate surface area is 116 Å². The molecule has 1 fully saturated rings. The van der Waals surface area contributed by atoms with E-state index in [4.69, 9.17) is 0 Å². The second-order valence-electron chi connectivity index (χ2n) is 4.47. The fourth-order valence-electron chi connectivity index (χ4n) is 1.86. The van der Waals surface area contributed by atoms with E-state index in [2.05, 4.69) is 22.1 Å². The molecule has 1 amide bonds. The summed E-state index contributed by atoms with van der Waals surface area (Å²) in [6.45, 7) is 2.70. The Morgan fingerprint density at radius 3 is 3.17 bits per heavy atom. The molecule has 2 rings (SSSR count). The van der Waals surface area contributed by atoms with Gasteiger partial charge in [0.25, 0.3) is 0 Å². The molecule has 18 heavy (non-hydrogen) atoms. The van der Waals surface area contributed by atoms with Gasteiger partial charge < -0.3 is 5.32 Å². The Bertz CT molecular complexity index is 408. The highest BCUT2D eigenvalue weighted by atomic mass is 32.2. The summed E-state index contributed by atoms with van der Waals surface area (Å²) in [5, 5.41) is 6.18. The number of nitrogens with zero attached hydrogens (tertiary/aromatic N) is 2. The highest BCUT2D eigenvalue weighted by Gasteiger charge is 2.27. The Morgan fingerprint density at radius 1 is 1.67 bits per heavy atom. The first-order valence-corrected chi connectivity index (χ1v) is 8.23. The number of rotatable bonds is 5. The van der Waals surface area contributed by atoms with E-state index < -0.39 is 0 Å². The minimum Gasteiger partial charge on any atom is -0.349 e. The minimum atomic E-state index is 0.0174. The number of likely N-dealkylation sites (N-methyl/N-ethyl adjacent to an activating group) is 1. The van der Waals surface area contributed by atoms with Crippen LogP contribution in [0.1, 0.15) is 24.0 Å². The quantitative estimate of drug-likeness (QED) is 0.895. The van der Waals surface area contributed by atoms with E-state index >= 15 is 0 Å². The van der Waals surface area contributed by atoms with E-state index in [1.165, 1.54) is 0 Å². The summed E-state index contributed by atoms with van der Waals surface area (Å²) in [6, 6.07) is 0.0174. The van der Waals surface area contributed by atoms with Crippen molar-refractivity contribution in [3.8, 4) is 0 Å². The first kappa shape index (κ1) is 13.8. The third kappa shape index (κ3) is 3.46. The molecule has 0 saturated carbocycles. The topological polar surface area (TPSA) is 45.2 Å². The zero-order chi connectivity index (χ0) is 13.0. The van der Waals surface area contributed by atoms with Crippen LogP contribution >= 0.6 is 23.1 Å². The molecule has 0 bridgehead atoms. The molecule has 1 atom stereocenters. The molecule has 1 N–H and O–H groups in total. The third-order valence-corrected chi connectivity index (χ3v) is 5.01. The number of carbonyl (C=O) groups is 1. The first-order chi connectivity index (χ1) is 8.70. The van der Waals surface area contributed by atoms with E-state index in [0.29, 0.717) is 6.54 Å². The summed E-state index contributed by atoms with van der Waals surface area (Å²) in [7, 11) is 1.99. The summed E-state index contributed by atoms with van der Waals surface area (Å²) < 4.78 is 0. The Kier molecular flexibility index (Phi) is 5.03. The molecule has 0 spiro atoms. The van der Waals surface area contributed by atoms with Crippen LogP contribution in [0.5, 0.6) is 0 Å². The maximum absolute atomic E-state index is 12.0. The number of hydrogen-bond acceptors (Lipinski definition) is 5. The summed E-state index contributed by atoms with van der Waals surface area (Å²) in [5.41, 5.74) is 0.977. The number of thioether (sulfide) groups is 1. The van der Waals surface area contributed by atoms with Crippen molar-refractivity contribution < 1.29 is 4.79 Å². The van der Waals surface area contributed by atoms with Crippen LogP contribution in [0, 0.1) is 0 Å². The zero-order valence-corrected chi connectivity index (χ0v) is 12.4. The highest BCUT2D eigenvalue weighted by molar-refractivity contribution is 7.99. The predicted octanol–water partition coefficient (Wildman–Crippen LogP) is 1.72. The van der Waals surface area contributed by atoms with Gasteiger partial charge in [0.2, 0.25) is 5.91 Å². The van der Waals surface area contributed by atoms with E-state index in [0.717, 1.165) is 35.2 Å². The molecule has 2 heterocycles. The smallest absolute Gasteiger partial charge is 0.238 e. The molecule has 100 valence electrons. The van der Waals surface area contributed by atoms with Crippen LogP contribution in [0.15, 0.2) is 5.38 Å². The van der Waals surface area contributed by atoms with Gasteiger partial charge in [-0.25, -0.2) is 4.98 Å². The molecular formula is C12H19N3OS2. The summed E-state index contributed by atoms with van der Waals surface area (Å²) in [6.07, 6.45) is 2.14. The maximum Gasteiger partial charge on any atom is 0.238 e. The molecule has 0 aromatic carbocycles. The van der Waals surface area contributed by atoms with E-state index in [1.807, 2.05) is 12.4 Å². The van der Waals surface area contributed by atoms with Gasteiger partial charge in [0.15, 0.2) is 0 Å². The summed E-state index contributed by atoms with van der Waals surface area (Å²) in [5.74, 6) is 1.95. The van der Waals surface area contributed by atoms with Gasteiger partial charge in [0.1, 0.15) is 0 Å². The van der Waals surface area contributed by atoms with Crippen molar-refractivity contribution in [3.63, 3.8) is 0 Å². The van der Waals surface area contributed by atoms with Gasteiger partial charge in [-0.2, -0.15) is 0 Å². The molecule has 0 unspecified atom stereocenters. The van der Waals surface area contributed by atoms with Crippen LogP contribution < -0.4 is 5.32 Å². The van der Waals surface area contributed by atoms with Crippen molar-refractivity contribution in [2.45, 2.75) is 32.4 Å². The van der Waals surface area contributed by atoms with Crippen molar-refractivity contribution in [1.82, 2.24) is 15.2 Å². The average molecular weight is 285 g/mol. The molecule has 0 radical (unpaired) electrons. The maximum atomic E-state index is 12.0. The zero-order valence-electron chi connectivity index (χ0n) is 10.8. The van der Waals surface area contributed by atoms with Crippen molar-refractivity contribution in [2.75, 3.05) is 18.7 Å². The lowest BCUT2D eigenvalue weighted by atomic mass is 10.3. The molecule has 1 saturated heterocycles. The van der Waals surface area contributed by atoms with Crippen LogP contribution in [0.25, 0.3) is 0 Å². The molecule has 6 heteroatoms. The largest absolute Gasteiger partial charge is 0.349 e. The second-order valence-corrected chi connectivity index (χ2v) is 6.42. The van der Waals surface area contributed by atoms with Gasteiger partial charge in [-0.3, -0.25) is 9.69 Å². The predicted molar refractivity (Wildman–Crippen MR) is 76.8 cm³/mol. The first-order valence-electron chi connectivity index (χ1n) is 6.19. The number of nitrogens with one attached hydrogen (secondary N) is 1. The minimum absolute atomic E-state index is 0.0174. The normalized spacial score (nSPS) is 20.2. The number of aryl methyl sites for hydroxylation is 1. The van der Waals surface area contributed by atoms with Crippen LogP contribution in [-0.4, -0.2) is 40.5 Å². The fourth-order valence-corrected chi connectivity index (χ4v) is 3.96. The lowest BCUT2D eigenvalue weighted by molar-refractivity contribution is -0.124. The Morgan fingerprint density at radius 2 is 2.50 bits per heavy atom. The van der Waals surface area contributed by atoms with Crippen LogP contribution in [0.2, 0.25) is 0 Å². The van der Waals surface area contributed by atoms with E-state index in [1.54, 1.807) is 23.1 Å². The van der Waals surface area contributed by atoms with Crippen LogP contribution in [0.3, 0.4) is 0 Å². The SMILES string of the molecule is CCCc1nc(CNC(=O)[C@@H]2CSCN2C)cs1. The number of amides is 1. The summed E-state index contributed by atoms with van der Waals surface area (Å²) in [4.78, 5) is 18.6. The molecular weight excluding hydrogens is 266 g/mol. The molecule has 1 aliphatic rings. The standard InChI is InChI=1S/C12H19N3OS2/c1-3-4-11-14-9(6-18-11)5-13-12(16)10-7-17-8-15(10)2/h6,10H,3-5,7-8H2,1-2H3,(H,13,16)/t10-/m0/s1. The molecule has 1 aromatic heterocycles. The van der Waals surface area contributed by atoms with Gasteiger partial charge in [-0.15, -0.1) is 23.1 Å². The molecule has 0 aliphatic carbocycles. The number of carbonyl (C=O) groups excluding carboxylic acids is 1. The molecule has 1 aromatic rings.